The Balaban J connectivity index is 2.36. The van der Waals surface area contributed by atoms with Crippen molar-refractivity contribution in [3.63, 3.8) is 0 Å². The van der Waals surface area contributed by atoms with E-state index >= 15 is 0 Å². The number of rotatable bonds is 4. The number of nitrogens with one attached hydrogen (secondary N) is 1. The Hall–Kier alpha value is -1.61. The Morgan fingerprint density at radius 1 is 1.05 bits per heavy atom. The van der Waals surface area contributed by atoms with Crippen molar-refractivity contribution in [1.82, 2.24) is 9.97 Å². The Bertz CT molecular complexity index is 603. The molecule has 0 saturated carbocycles. The lowest BCUT2D eigenvalue weighted by atomic mass is 10.1. The van der Waals surface area contributed by atoms with E-state index in [1.165, 1.54) is 11.1 Å². The van der Waals surface area contributed by atoms with E-state index in [1.54, 1.807) is 0 Å². The molecule has 0 unspecified atom stereocenters. The molecule has 0 aliphatic heterocycles. The minimum atomic E-state index is 0.523. The van der Waals surface area contributed by atoms with E-state index in [0.717, 1.165) is 35.7 Å². The number of nitrogens with zero attached hydrogens (tertiary/aromatic N) is 2. The van der Waals surface area contributed by atoms with Gasteiger partial charge in [-0.2, -0.15) is 0 Å². The van der Waals surface area contributed by atoms with Crippen molar-refractivity contribution in [2.45, 2.75) is 40.5 Å². The molecule has 2 rings (SSSR count). The van der Waals surface area contributed by atoms with Crippen molar-refractivity contribution in [2.24, 2.45) is 0 Å². The third-order valence-electron chi connectivity index (χ3n) is 3.09. The molecule has 1 N–H and O–H groups in total. The highest BCUT2D eigenvalue weighted by Crippen LogP contribution is 2.25. The number of aryl methyl sites for hydroxylation is 3. The highest BCUT2D eigenvalue weighted by molar-refractivity contribution is 6.30. The molecule has 1 aromatic heterocycles. The second-order valence-electron chi connectivity index (χ2n) is 5.16. The van der Waals surface area contributed by atoms with Crippen LogP contribution in [0.1, 0.15) is 35.9 Å². The highest BCUT2D eigenvalue weighted by atomic mass is 35.5. The number of hydrogen-bond donors (Lipinski definition) is 1. The van der Waals surface area contributed by atoms with Crippen molar-refractivity contribution in [1.29, 1.82) is 0 Å². The monoisotopic (exact) mass is 289 g/mol. The second kappa shape index (κ2) is 6.23. The molecule has 1 aromatic carbocycles. The quantitative estimate of drug-likeness (QED) is 0.825. The number of halogens is 1. The summed E-state index contributed by atoms with van der Waals surface area (Å²) < 4.78 is 0. The van der Waals surface area contributed by atoms with E-state index in [9.17, 15) is 0 Å². The third kappa shape index (κ3) is 3.48. The predicted octanol–water partition coefficient (Wildman–Crippen LogP) is 4.75. The Morgan fingerprint density at radius 3 is 2.30 bits per heavy atom. The molecular weight excluding hydrogens is 270 g/mol. The van der Waals surface area contributed by atoms with Crippen LogP contribution in [0.3, 0.4) is 0 Å². The van der Waals surface area contributed by atoms with Gasteiger partial charge in [-0.3, -0.25) is 0 Å². The predicted molar refractivity (Wildman–Crippen MR) is 85.0 cm³/mol. The Labute approximate surface area is 125 Å². The number of anilines is 2. The zero-order valence-electron chi connectivity index (χ0n) is 12.4. The number of benzene rings is 1. The molecule has 4 heteroatoms. The van der Waals surface area contributed by atoms with Crippen LogP contribution in [-0.4, -0.2) is 9.97 Å². The van der Waals surface area contributed by atoms with Crippen LogP contribution in [0.25, 0.3) is 0 Å². The normalized spacial score (nSPS) is 10.7. The van der Waals surface area contributed by atoms with Gasteiger partial charge in [-0.25, -0.2) is 9.97 Å². The molecule has 0 spiro atoms. The van der Waals surface area contributed by atoms with Crippen LogP contribution in [0, 0.1) is 20.8 Å². The first-order valence-corrected chi connectivity index (χ1v) is 7.25. The summed E-state index contributed by atoms with van der Waals surface area (Å²) in [5.41, 5.74) is 4.35. The average molecular weight is 290 g/mol. The fourth-order valence-corrected chi connectivity index (χ4v) is 2.36. The zero-order valence-corrected chi connectivity index (χ0v) is 13.2. The minimum absolute atomic E-state index is 0.523. The molecule has 0 bridgehead atoms. The summed E-state index contributed by atoms with van der Waals surface area (Å²) in [6.07, 6.45) is 1.84. The Kier molecular flexibility index (Phi) is 4.61. The van der Waals surface area contributed by atoms with Gasteiger partial charge in [-0.15, -0.1) is 0 Å². The molecule has 0 atom stereocenters. The summed E-state index contributed by atoms with van der Waals surface area (Å²) in [4.78, 5) is 8.88. The lowest BCUT2D eigenvalue weighted by Gasteiger charge is -2.12. The van der Waals surface area contributed by atoms with Gasteiger partial charge in [0.2, 0.25) is 0 Å². The SMILES string of the molecule is CCCc1nc(Cl)c(C)c(Nc2cc(C)cc(C)c2)n1. The van der Waals surface area contributed by atoms with E-state index in [-0.39, 0.29) is 0 Å². The summed E-state index contributed by atoms with van der Waals surface area (Å²) in [6.45, 7) is 8.21. The van der Waals surface area contributed by atoms with E-state index in [1.807, 2.05) is 6.92 Å². The molecular formula is C16H20ClN3. The molecule has 0 amide bonds. The highest BCUT2D eigenvalue weighted by Gasteiger charge is 2.09. The second-order valence-corrected chi connectivity index (χ2v) is 5.51. The zero-order chi connectivity index (χ0) is 14.7. The lowest BCUT2D eigenvalue weighted by molar-refractivity contribution is 0.833. The molecule has 20 heavy (non-hydrogen) atoms. The largest absolute Gasteiger partial charge is 0.340 e. The van der Waals surface area contributed by atoms with Gasteiger partial charge in [0.05, 0.1) is 0 Å². The Morgan fingerprint density at radius 2 is 1.70 bits per heavy atom. The molecule has 0 saturated heterocycles. The minimum Gasteiger partial charge on any atom is -0.340 e. The molecule has 3 nitrogen and oxygen atoms in total. The molecule has 0 aliphatic rings. The fourth-order valence-electron chi connectivity index (χ4n) is 2.17. The van der Waals surface area contributed by atoms with Gasteiger partial charge in [0, 0.05) is 17.7 Å². The average Bonchev–Trinajstić information content (AvgIpc) is 2.34. The molecule has 0 radical (unpaired) electrons. The maximum Gasteiger partial charge on any atom is 0.138 e. The van der Waals surface area contributed by atoms with Gasteiger partial charge >= 0.3 is 0 Å². The van der Waals surface area contributed by atoms with E-state index in [4.69, 9.17) is 11.6 Å². The van der Waals surface area contributed by atoms with E-state index in [2.05, 4.69) is 54.3 Å². The van der Waals surface area contributed by atoms with Crippen LogP contribution in [0.5, 0.6) is 0 Å². The van der Waals surface area contributed by atoms with Crippen LogP contribution < -0.4 is 5.32 Å². The van der Waals surface area contributed by atoms with Gasteiger partial charge < -0.3 is 5.32 Å². The lowest BCUT2D eigenvalue weighted by Crippen LogP contribution is -2.04. The molecule has 0 fully saturated rings. The number of hydrogen-bond acceptors (Lipinski definition) is 3. The molecule has 106 valence electrons. The molecule has 0 aliphatic carbocycles. The van der Waals surface area contributed by atoms with Gasteiger partial charge in [-0.1, -0.05) is 24.6 Å². The third-order valence-corrected chi connectivity index (χ3v) is 3.46. The molecule has 2 aromatic rings. The first-order valence-electron chi connectivity index (χ1n) is 6.88. The molecule has 1 heterocycles. The first-order chi connectivity index (χ1) is 9.49. The number of aromatic nitrogens is 2. The maximum atomic E-state index is 6.19. The summed E-state index contributed by atoms with van der Waals surface area (Å²) in [5.74, 6) is 1.58. The van der Waals surface area contributed by atoms with Crippen molar-refractivity contribution < 1.29 is 0 Å². The smallest absolute Gasteiger partial charge is 0.138 e. The van der Waals surface area contributed by atoms with Gasteiger partial charge in [0.1, 0.15) is 16.8 Å². The van der Waals surface area contributed by atoms with Crippen LogP contribution in [0.2, 0.25) is 5.15 Å². The van der Waals surface area contributed by atoms with E-state index < -0.39 is 0 Å². The maximum absolute atomic E-state index is 6.19. The van der Waals surface area contributed by atoms with Crippen molar-refractivity contribution in [3.05, 3.63) is 45.9 Å². The van der Waals surface area contributed by atoms with Crippen LogP contribution in [-0.2, 0) is 6.42 Å². The van der Waals surface area contributed by atoms with Crippen molar-refractivity contribution in [3.8, 4) is 0 Å². The van der Waals surface area contributed by atoms with Gasteiger partial charge in [0.25, 0.3) is 0 Å². The summed E-state index contributed by atoms with van der Waals surface area (Å²) in [7, 11) is 0. The van der Waals surface area contributed by atoms with Crippen molar-refractivity contribution >= 4 is 23.1 Å². The van der Waals surface area contributed by atoms with E-state index in [0.29, 0.717) is 5.15 Å². The van der Waals surface area contributed by atoms with Gasteiger partial charge in [-0.05, 0) is 50.5 Å². The first kappa shape index (κ1) is 14.8. The van der Waals surface area contributed by atoms with Gasteiger partial charge in [0.15, 0.2) is 0 Å². The summed E-state index contributed by atoms with van der Waals surface area (Å²) >= 11 is 6.19. The topological polar surface area (TPSA) is 37.8 Å². The van der Waals surface area contributed by atoms with Crippen LogP contribution in [0.15, 0.2) is 18.2 Å². The summed E-state index contributed by atoms with van der Waals surface area (Å²) in [6, 6.07) is 6.34. The van der Waals surface area contributed by atoms with Crippen LogP contribution >= 0.6 is 11.6 Å². The van der Waals surface area contributed by atoms with Crippen LogP contribution in [0.4, 0.5) is 11.5 Å². The standard InChI is InChI=1S/C16H20ClN3/c1-5-6-14-19-15(17)12(4)16(20-14)18-13-8-10(2)7-11(3)9-13/h7-9H,5-6H2,1-4H3,(H,18,19,20). The van der Waals surface area contributed by atoms with Crippen molar-refractivity contribution in [2.75, 3.05) is 5.32 Å². The fraction of sp³-hybridized carbons (Fsp3) is 0.375. The summed E-state index contributed by atoms with van der Waals surface area (Å²) in [5, 5.41) is 3.88.